The predicted octanol–water partition coefficient (Wildman–Crippen LogP) is 2.68. The second kappa shape index (κ2) is 9.15. The van der Waals surface area contributed by atoms with Crippen molar-refractivity contribution >= 4 is 23.6 Å². The highest BCUT2D eigenvalue weighted by molar-refractivity contribution is 5.86. The van der Waals surface area contributed by atoms with Crippen LogP contribution in [-0.4, -0.2) is 47.8 Å². The normalized spacial score (nSPS) is 16.6. The summed E-state index contributed by atoms with van der Waals surface area (Å²) in [4.78, 5) is 25.4. The fraction of sp³-hybridized carbons (Fsp3) is 0.250. The third kappa shape index (κ3) is 4.76. The van der Waals surface area contributed by atoms with E-state index in [-0.39, 0.29) is 18.6 Å². The Balaban J connectivity index is 1.25. The van der Waals surface area contributed by atoms with Gasteiger partial charge in [-0.25, -0.2) is 9.97 Å². The van der Waals surface area contributed by atoms with E-state index in [1.807, 2.05) is 42.6 Å². The molecule has 2 aromatic carbocycles. The Morgan fingerprint density at radius 3 is 3.06 bits per heavy atom. The maximum Gasteiger partial charge on any atom is 0.258 e. The largest absolute Gasteiger partial charge is 0.484 e. The average molecular weight is 428 g/mol. The second-order valence-corrected chi connectivity index (χ2v) is 7.85. The molecule has 1 fully saturated rings. The molecule has 0 bridgehead atoms. The van der Waals surface area contributed by atoms with E-state index in [0.717, 1.165) is 42.9 Å². The van der Waals surface area contributed by atoms with Crippen LogP contribution in [0.1, 0.15) is 17.5 Å². The molecule has 3 heterocycles. The monoisotopic (exact) mass is 428 g/mol. The molecule has 0 saturated carbocycles. The molecular weight excluding hydrogens is 404 g/mol. The predicted molar refractivity (Wildman–Crippen MR) is 123 cm³/mol. The molecule has 1 atom stereocenters. The Labute approximate surface area is 186 Å². The summed E-state index contributed by atoms with van der Waals surface area (Å²) in [6.07, 6.45) is 4.56. The Kier molecular flexibility index (Phi) is 5.76. The number of aromatic nitrogens is 2. The van der Waals surface area contributed by atoms with Gasteiger partial charge in [-0.05, 0) is 54.4 Å². The van der Waals surface area contributed by atoms with E-state index < -0.39 is 0 Å². The first-order chi connectivity index (χ1) is 15.7. The van der Waals surface area contributed by atoms with E-state index in [9.17, 15) is 4.79 Å². The maximum atomic E-state index is 12.1. The van der Waals surface area contributed by atoms with Gasteiger partial charge in [0.2, 0.25) is 0 Å². The van der Waals surface area contributed by atoms with Crippen LogP contribution in [0.5, 0.6) is 5.75 Å². The van der Waals surface area contributed by atoms with Gasteiger partial charge in [-0.3, -0.25) is 9.79 Å². The SMILES string of the molecule is O=C(COc1cccc(-c2nccc(Nc3ccc4c(c3)C=NC4)n2)c1)N[C@@H]1CCNC1. The molecule has 5 rings (SSSR count). The highest BCUT2D eigenvalue weighted by Crippen LogP contribution is 2.24. The van der Waals surface area contributed by atoms with Gasteiger partial charge in [-0.15, -0.1) is 0 Å². The minimum Gasteiger partial charge on any atom is -0.484 e. The molecule has 0 unspecified atom stereocenters. The topological polar surface area (TPSA) is 101 Å². The van der Waals surface area contributed by atoms with Gasteiger partial charge >= 0.3 is 0 Å². The third-order valence-electron chi connectivity index (χ3n) is 5.45. The number of ether oxygens (including phenoxy) is 1. The van der Waals surface area contributed by atoms with Gasteiger partial charge < -0.3 is 20.7 Å². The summed E-state index contributed by atoms with van der Waals surface area (Å²) < 4.78 is 5.69. The van der Waals surface area contributed by atoms with Crippen molar-refractivity contribution in [1.82, 2.24) is 20.6 Å². The van der Waals surface area contributed by atoms with Crippen LogP contribution < -0.4 is 20.7 Å². The Morgan fingerprint density at radius 2 is 2.16 bits per heavy atom. The van der Waals surface area contributed by atoms with E-state index in [2.05, 4.69) is 43.0 Å². The molecule has 1 aromatic heterocycles. The zero-order chi connectivity index (χ0) is 21.8. The molecule has 1 saturated heterocycles. The summed E-state index contributed by atoms with van der Waals surface area (Å²) in [6, 6.07) is 15.6. The molecule has 32 heavy (non-hydrogen) atoms. The summed E-state index contributed by atoms with van der Waals surface area (Å²) in [5.41, 5.74) is 4.11. The third-order valence-corrected chi connectivity index (χ3v) is 5.45. The van der Waals surface area contributed by atoms with E-state index in [4.69, 9.17) is 4.74 Å². The van der Waals surface area contributed by atoms with Crippen molar-refractivity contribution in [2.75, 3.05) is 25.0 Å². The Bertz CT molecular complexity index is 1160. The lowest BCUT2D eigenvalue weighted by atomic mass is 10.1. The van der Waals surface area contributed by atoms with E-state index in [1.165, 1.54) is 5.56 Å². The molecule has 162 valence electrons. The van der Waals surface area contributed by atoms with Crippen LogP contribution in [0.3, 0.4) is 0 Å². The Morgan fingerprint density at radius 1 is 1.19 bits per heavy atom. The second-order valence-electron chi connectivity index (χ2n) is 7.85. The molecule has 0 spiro atoms. The van der Waals surface area contributed by atoms with Crippen molar-refractivity contribution in [3.05, 3.63) is 65.9 Å². The zero-order valence-corrected chi connectivity index (χ0v) is 17.5. The lowest BCUT2D eigenvalue weighted by molar-refractivity contribution is -0.123. The van der Waals surface area contributed by atoms with Gasteiger partial charge in [0.15, 0.2) is 12.4 Å². The Hall–Kier alpha value is -3.78. The molecule has 3 aromatic rings. The first-order valence-electron chi connectivity index (χ1n) is 10.7. The van der Waals surface area contributed by atoms with Crippen molar-refractivity contribution in [1.29, 1.82) is 0 Å². The lowest BCUT2D eigenvalue weighted by Gasteiger charge is -2.12. The van der Waals surface area contributed by atoms with Crippen molar-refractivity contribution in [3.63, 3.8) is 0 Å². The van der Waals surface area contributed by atoms with E-state index in [1.54, 1.807) is 6.20 Å². The molecule has 8 nitrogen and oxygen atoms in total. The summed E-state index contributed by atoms with van der Waals surface area (Å²) in [5, 5.41) is 9.53. The van der Waals surface area contributed by atoms with E-state index in [0.29, 0.717) is 17.4 Å². The standard InChI is InChI=1S/C24H24N6O2/c31-23(29-20-6-8-25-14-20)15-32-21-3-1-2-16(11-21)24-27-9-7-22(30-24)28-19-5-4-17-12-26-13-18(17)10-19/h1-5,7,9-11,13,20,25H,6,8,12,14-15H2,(H,29,31)(H,27,28,30)/t20-/m1/s1. The van der Waals surface area contributed by atoms with E-state index >= 15 is 0 Å². The maximum absolute atomic E-state index is 12.1. The van der Waals surface area contributed by atoms with Gasteiger partial charge in [0.05, 0.1) is 6.54 Å². The molecule has 2 aliphatic heterocycles. The van der Waals surface area contributed by atoms with Crippen molar-refractivity contribution in [2.45, 2.75) is 19.0 Å². The van der Waals surface area contributed by atoms with Crippen LogP contribution in [0.2, 0.25) is 0 Å². The number of amides is 1. The zero-order valence-electron chi connectivity index (χ0n) is 17.5. The summed E-state index contributed by atoms with van der Waals surface area (Å²) in [6.45, 7) is 2.46. The molecule has 8 heteroatoms. The van der Waals surface area contributed by atoms with Crippen LogP contribution >= 0.6 is 0 Å². The van der Waals surface area contributed by atoms with Gasteiger partial charge in [0, 0.05) is 36.2 Å². The number of rotatable bonds is 7. The summed E-state index contributed by atoms with van der Waals surface area (Å²) >= 11 is 0. The molecule has 0 radical (unpaired) electrons. The molecule has 0 aliphatic carbocycles. The van der Waals surface area contributed by atoms with Crippen molar-refractivity contribution in [3.8, 4) is 17.1 Å². The van der Waals surface area contributed by atoms with Crippen LogP contribution in [0, 0.1) is 0 Å². The highest BCUT2D eigenvalue weighted by Gasteiger charge is 2.17. The number of anilines is 2. The molecule has 3 N–H and O–H groups in total. The lowest BCUT2D eigenvalue weighted by Crippen LogP contribution is -2.39. The van der Waals surface area contributed by atoms with Crippen molar-refractivity contribution in [2.24, 2.45) is 4.99 Å². The number of nitrogens with zero attached hydrogens (tertiary/aromatic N) is 3. The number of aliphatic imine (C=N–C) groups is 1. The van der Waals surface area contributed by atoms with Crippen LogP contribution in [0.25, 0.3) is 11.4 Å². The minimum absolute atomic E-state index is 0.0238. The number of benzene rings is 2. The first kappa shape index (κ1) is 20.1. The van der Waals surface area contributed by atoms with Crippen LogP contribution in [0.15, 0.2) is 59.7 Å². The number of hydrogen-bond acceptors (Lipinski definition) is 7. The number of carbonyl (C=O) groups excluding carboxylic acids is 1. The van der Waals surface area contributed by atoms with Crippen LogP contribution in [-0.2, 0) is 11.3 Å². The fourth-order valence-corrected chi connectivity index (χ4v) is 3.82. The summed E-state index contributed by atoms with van der Waals surface area (Å²) in [5.74, 6) is 1.75. The van der Waals surface area contributed by atoms with Gasteiger partial charge in [-0.1, -0.05) is 18.2 Å². The molecule has 1 amide bonds. The van der Waals surface area contributed by atoms with Crippen molar-refractivity contribution < 1.29 is 9.53 Å². The van der Waals surface area contributed by atoms with Gasteiger partial charge in [0.1, 0.15) is 11.6 Å². The number of hydrogen-bond donors (Lipinski definition) is 3. The molecular formula is C24H24N6O2. The molecule has 2 aliphatic rings. The number of fused-ring (bicyclic) bond motifs is 1. The van der Waals surface area contributed by atoms with Crippen LogP contribution in [0.4, 0.5) is 11.5 Å². The summed E-state index contributed by atoms with van der Waals surface area (Å²) in [7, 11) is 0. The number of carbonyl (C=O) groups is 1. The first-order valence-corrected chi connectivity index (χ1v) is 10.7. The fourth-order valence-electron chi connectivity index (χ4n) is 3.82. The average Bonchev–Trinajstić information content (AvgIpc) is 3.50. The number of nitrogens with one attached hydrogen (secondary N) is 3. The van der Waals surface area contributed by atoms with Gasteiger partial charge in [-0.2, -0.15) is 0 Å². The van der Waals surface area contributed by atoms with Gasteiger partial charge in [0.25, 0.3) is 5.91 Å². The smallest absolute Gasteiger partial charge is 0.258 e. The quantitative estimate of drug-likeness (QED) is 0.535. The highest BCUT2D eigenvalue weighted by atomic mass is 16.5. The minimum atomic E-state index is -0.119.